The van der Waals surface area contributed by atoms with E-state index in [0.29, 0.717) is 34.0 Å². The summed E-state index contributed by atoms with van der Waals surface area (Å²) in [4.78, 5) is 52.0. The van der Waals surface area contributed by atoms with Crippen LogP contribution in [0.1, 0.15) is 57.0 Å². The van der Waals surface area contributed by atoms with Crippen molar-refractivity contribution in [2.24, 2.45) is 11.0 Å². The molecule has 0 spiro atoms. The van der Waals surface area contributed by atoms with E-state index in [9.17, 15) is 19.2 Å². The van der Waals surface area contributed by atoms with Gasteiger partial charge in [-0.1, -0.05) is 55.5 Å². The van der Waals surface area contributed by atoms with Crippen LogP contribution in [0, 0.1) is 5.92 Å². The van der Waals surface area contributed by atoms with Crippen molar-refractivity contribution in [1.82, 2.24) is 5.43 Å². The van der Waals surface area contributed by atoms with Gasteiger partial charge in [0, 0.05) is 10.4 Å². The summed E-state index contributed by atoms with van der Waals surface area (Å²) in [5.74, 6) is -2.37. The van der Waals surface area contributed by atoms with Gasteiger partial charge in [0.15, 0.2) is 0 Å². The van der Waals surface area contributed by atoms with Crippen LogP contribution in [-0.4, -0.2) is 36.6 Å². The Morgan fingerprint density at radius 2 is 1.74 bits per heavy atom. The first-order valence-electron chi connectivity index (χ1n) is 13.6. The molecular formula is C32H29N3O6S. The first-order chi connectivity index (χ1) is 20.4. The molecule has 2 N–H and O–H groups in total. The number of carbonyl (C=O) groups excluding carboxylic acids is 4. The summed E-state index contributed by atoms with van der Waals surface area (Å²) in [6.45, 7) is 4.05. The van der Waals surface area contributed by atoms with Gasteiger partial charge in [-0.15, -0.1) is 11.3 Å². The summed E-state index contributed by atoms with van der Waals surface area (Å²) in [6, 6.07) is 19.5. The van der Waals surface area contributed by atoms with Crippen LogP contribution in [-0.2, 0) is 27.2 Å². The van der Waals surface area contributed by atoms with Crippen molar-refractivity contribution < 1.29 is 28.7 Å². The van der Waals surface area contributed by atoms with E-state index < -0.39 is 23.8 Å². The molecule has 0 radical (unpaired) electrons. The Morgan fingerprint density at radius 3 is 2.52 bits per heavy atom. The topological polar surface area (TPSA) is 123 Å². The number of nitrogens with zero attached hydrogens (tertiary/aromatic N) is 1. The minimum atomic E-state index is -1.02. The summed E-state index contributed by atoms with van der Waals surface area (Å²) < 4.78 is 10.9. The van der Waals surface area contributed by atoms with Gasteiger partial charge in [-0.05, 0) is 66.6 Å². The third kappa shape index (κ3) is 6.23. The molecule has 1 aliphatic carbocycles. The minimum absolute atomic E-state index is 0.194. The van der Waals surface area contributed by atoms with E-state index >= 15 is 0 Å². The van der Waals surface area contributed by atoms with Crippen LogP contribution >= 0.6 is 11.3 Å². The lowest BCUT2D eigenvalue weighted by Crippen LogP contribution is -2.32. The van der Waals surface area contributed by atoms with Gasteiger partial charge in [0.05, 0.1) is 23.9 Å². The lowest BCUT2D eigenvalue weighted by atomic mass is 9.88. The molecule has 0 bridgehead atoms. The standard InChI is InChI=1S/C32H29N3O6S/c1-3-40-32(39)27-23-15-13-19(2)17-26(23)42-30(27)34-28(36)29(37)35-33-18-24-22-12-8-7-9-20(22)14-16-25(24)41-31(38)21-10-5-4-6-11-21/h4-12,14,16,18-19H,3,13,15,17H2,1-2H3,(H,34,36)(H,35,37)/b33-18-/t19-/m0/s1. The van der Waals surface area contributed by atoms with Crippen LogP contribution in [0.25, 0.3) is 10.8 Å². The summed E-state index contributed by atoms with van der Waals surface area (Å²) in [6.07, 6.45) is 3.75. The molecule has 0 unspecified atom stereocenters. The fourth-order valence-corrected chi connectivity index (χ4v) is 6.25. The number of anilines is 1. The molecule has 2 amide bonds. The Kier molecular flexibility index (Phi) is 8.73. The van der Waals surface area contributed by atoms with Crippen molar-refractivity contribution >= 4 is 57.1 Å². The molecule has 0 aliphatic heterocycles. The van der Waals surface area contributed by atoms with E-state index in [1.54, 1.807) is 43.3 Å². The SMILES string of the molecule is CCOC(=O)c1c(NC(=O)C(=O)N/N=C\c2c(OC(=O)c3ccccc3)ccc3ccccc23)sc2c1CC[C@H](C)C2. The van der Waals surface area contributed by atoms with Crippen LogP contribution in [0.2, 0.25) is 0 Å². The number of hydrogen-bond donors (Lipinski definition) is 2. The maximum absolute atomic E-state index is 12.8. The monoisotopic (exact) mass is 583 g/mol. The predicted molar refractivity (Wildman–Crippen MR) is 161 cm³/mol. The van der Waals surface area contributed by atoms with E-state index in [1.165, 1.54) is 17.6 Å². The van der Waals surface area contributed by atoms with Crippen molar-refractivity contribution in [1.29, 1.82) is 0 Å². The number of ether oxygens (including phenoxy) is 2. The highest BCUT2D eigenvalue weighted by Crippen LogP contribution is 2.40. The second kappa shape index (κ2) is 12.8. The Bertz CT molecular complexity index is 1700. The number of hydrogen-bond acceptors (Lipinski definition) is 8. The van der Waals surface area contributed by atoms with Crippen LogP contribution in [0.15, 0.2) is 71.8 Å². The molecule has 5 rings (SSSR count). The number of thiophene rings is 1. The molecule has 1 atom stereocenters. The van der Waals surface area contributed by atoms with Crippen molar-refractivity contribution in [2.45, 2.75) is 33.1 Å². The number of nitrogens with one attached hydrogen (secondary N) is 2. The van der Waals surface area contributed by atoms with Gasteiger partial charge in [-0.2, -0.15) is 5.10 Å². The molecule has 1 aliphatic rings. The molecule has 3 aromatic carbocycles. The second-order valence-corrected chi connectivity index (χ2v) is 11.0. The van der Waals surface area contributed by atoms with E-state index in [2.05, 4.69) is 22.8 Å². The number of fused-ring (bicyclic) bond motifs is 2. The van der Waals surface area contributed by atoms with E-state index in [0.717, 1.165) is 34.1 Å². The quantitative estimate of drug-likeness (QED) is 0.0972. The van der Waals surface area contributed by atoms with Gasteiger partial charge in [0.1, 0.15) is 10.8 Å². The van der Waals surface area contributed by atoms with Crippen LogP contribution in [0.4, 0.5) is 5.00 Å². The fourth-order valence-electron chi connectivity index (χ4n) is 4.85. The number of benzene rings is 3. The first kappa shape index (κ1) is 28.7. The molecule has 9 nitrogen and oxygen atoms in total. The molecule has 4 aromatic rings. The average Bonchev–Trinajstić information content (AvgIpc) is 3.35. The Balaban J connectivity index is 1.34. The first-order valence-corrected chi connectivity index (χ1v) is 14.4. The maximum Gasteiger partial charge on any atom is 0.343 e. The average molecular weight is 584 g/mol. The summed E-state index contributed by atoms with van der Waals surface area (Å²) in [5, 5.41) is 8.46. The molecule has 10 heteroatoms. The van der Waals surface area contributed by atoms with Crippen molar-refractivity contribution in [3.63, 3.8) is 0 Å². The van der Waals surface area contributed by atoms with Gasteiger partial charge >= 0.3 is 23.8 Å². The highest BCUT2D eigenvalue weighted by molar-refractivity contribution is 7.17. The smallest absolute Gasteiger partial charge is 0.343 e. The minimum Gasteiger partial charge on any atom is -0.462 e. The molecule has 0 fully saturated rings. The van der Waals surface area contributed by atoms with Gasteiger partial charge in [-0.25, -0.2) is 15.0 Å². The molecular weight excluding hydrogens is 554 g/mol. The number of esters is 2. The zero-order valence-corrected chi connectivity index (χ0v) is 24.0. The second-order valence-electron chi connectivity index (χ2n) is 9.88. The normalized spacial score (nSPS) is 14.3. The molecule has 0 saturated carbocycles. The number of rotatable bonds is 7. The lowest BCUT2D eigenvalue weighted by molar-refractivity contribution is -0.136. The van der Waals surface area contributed by atoms with Crippen molar-refractivity contribution in [3.05, 3.63) is 93.9 Å². The maximum atomic E-state index is 12.8. The van der Waals surface area contributed by atoms with E-state index in [4.69, 9.17) is 9.47 Å². The van der Waals surface area contributed by atoms with Crippen LogP contribution < -0.4 is 15.5 Å². The lowest BCUT2D eigenvalue weighted by Gasteiger charge is -2.18. The van der Waals surface area contributed by atoms with Gasteiger partial charge < -0.3 is 14.8 Å². The zero-order valence-electron chi connectivity index (χ0n) is 23.1. The number of carbonyl (C=O) groups is 4. The van der Waals surface area contributed by atoms with E-state index in [1.807, 2.05) is 30.3 Å². The van der Waals surface area contributed by atoms with Crippen LogP contribution in [0.3, 0.4) is 0 Å². The van der Waals surface area contributed by atoms with E-state index in [-0.39, 0.29) is 12.4 Å². The number of hydrazone groups is 1. The molecule has 0 saturated heterocycles. The fraction of sp³-hybridized carbons (Fsp3) is 0.219. The highest BCUT2D eigenvalue weighted by atomic mass is 32.1. The van der Waals surface area contributed by atoms with Gasteiger partial charge in [-0.3, -0.25) is 9.59 Å². The Morgan fingerprint density at radius 1 is 0.976 bits per heavy atom. The van der Waals surface area contributed by atoms with Gasteiger partial charge in [0.2, 0.25) is 0 Å². The third-order valence-electron chi connectivity index (χ3n) is 6.93. The molecule has 1 heterocycles. The number of amides is 2. The molecule has 1 aromatic heterocycles. The van der Waals surface area contributed by atoms with Crippen molar-refractivity contribution in [3.8, 4) is 5.75 Å². The van der Waals surface area contributed by atoms with Gasteiger partial charge in [0.25, 0.3) is 0 Å². The third-order valence-corrected chi connectivity index (χ3v) is 8.10. The predicted octanol–water partition coefficient (Wildman–Crippen LogP) is 5.51. The Hall–Kier alpha value is -4.83. The van der Waals surface area contributed by atoms with Crippen LogP contribution in [0.5, 0.6) is 5.75 Å². The largest absolute Gasteiger partial charge is 0.462 e. The molecule has 42 heavy (non-hydrogen) atoms. The zero-order chi connectivity index (χ0) is 29.6. The Labute approximate surface area is 246 Å². The summed E-state index contributed by atoms with van der Waals surface area (Å²) >= 11 is 1.29. The highest BCUT2D eigenvalue weighted by Gasteiger charge is 2.30. The summed E-state index contributed by atoms with van der Waals surface area (Å²) in [7, 11) is 0. The summed E-state index contributed by atoms with van der Waals surface area (Å²) in [5.41, 5.74) is 4.25. The molecule has 214 valence electrons. The van der Waals surface area contributed by atoms with Crippen molar-refractivity contribution in [2.75, 3.05) is 11.9 Å².